The first-order valence-corrected chi connectivity index (χ1v) is 7.16. The van der Waals surface area contributed by atoms with Gasteiger partial charge in [0.1, 0.15) is 0 Å². The van der Waals surface area contributed by atoms with Crippen LogP contribution in [0.3, 0.4) is 0 Å². The van der Waals surface area contributed by atoms with E-state index in [0.717, 1.165) is 0 Å². The van der Waals surface area contributed by atoms with Crippen molar-refractivity contribution in [1.82, 2.24) is 4.98 Å². The molecule has 0 radical (unpaired) electrons. The van der Waals surface area contributed by atoms with Crippen molar-refractivity contribution < 1.29 is 4.79 Å². The molecule has 6 heteroatoms. The number of fused-ring (bicyclic) bond motifs is 1. The van der Waals surface area contributed by atoms with Crippen molar-refractivity contribution in [2.24, 2.45) is 0 Å². The zero-order valence-corrected chi connectivity index (χ0v) is 12.9. The third-order valence-electron chi connectivity index (χ3n) is 3.20. The van der Waals surface area contributed by atoms with Gasteiger partial charge in [-0.1, -0.05) is 34.8 Å². The fourth-order valence-corrected chi connectivity index (χ4v) is 3.02. The van der Waals surface area contributed by atoms with Crippen LogP contribution < -0.4 is 5.73 Å². The Bertz CT molecular complexity index is 871. The molecule has 0 aliphatic carbocycles. The van der Waals surface area contributed by atoms with E-state index in [1.807, 2.05) is 0 Å². The number of aromatic nitrogens is 1. The molecule has 0 aliphatic heterocycles. The monoisotopic (exact) mass is 338 g/mol. The summed E-state index contributed by atoms with van der Waals surface area (Å²) in [5.74, 6) is -0.223. The minimum atomic E-state index is -0.223. The van der Waals surface area contributed by atoms with Gasteiger partial charge in [-0.05, 0) is 30.3 Å². The fraction of sp³-hybridized carbons (Fsp3) is 0. The quantitative estimate of drug-likeness (QED) is 0.513. The average Bonchev–Trinajstić information content (AvgIpc) is 2.81. The second-order valence-corrected chi connectivity index (χ2v) is 5.85. The molecular weight excluding hydrogens is 331 g/mol. The number of hydrogen-bond acceptors (Lipinski definition) is 2. The first kappa shape index (κ1) is 14.3. The maximum absolute atomic E-state index is 12.7. The summed E-state index contributed by atoms with van der Waals surface area (Å²) < 4.78 is 0. The van der Waals surface area contributed by atoms with Gasteiger partial charge in [0.2, 0.25) is 0 Å². The van der Waals surface area contributed by atoms with Crippen LogP contribution in [-0.2, 0) is 0 Å². The van der Waals surface area contributed by atoms with Gasteiger partial charge in [0.25, 0.3) is 0 Å². The van der Waals surface area contributed by atoms with Gasteiger partial charge in [-0.15, -0.1) is 0 Å². The highest BCUT2D eigenvalue weighted by Crippen LogP contribution is 2.32. The molecule has 0 saturated carbocycles. The van der Waals surface area contributed by atoms with E-state index in [1.165, 1.54) is 0 Å². The first-order chi connectivity index (χ1) is 9.97. The molecule has 3 nitrogen and oxygen atoms in total. The van der Waals surface area contributed by atoms with Crippen LogP contribution in [0.4, 0.5) is 5.69 Å². The van der Waals surface area contributed by atoms with Crippen LogP contribution in [0.2, 0.25) is 15.1 Å². The SMILES string of the molecule is Nc1cc(Cl)ccc1C(=O)c1c[nH]c2cc(Cl)cc(Cl)c12. The number of carbonyl (C=O) groups is 1. The number of hydrogen-bond donors (Lipinski definition) is 2. The lowest BCUT2D eigenvalue weighted by Gasteiger charge is -2.05. The van der Waals surface area contributed by atoms with E-state index < -0.39 is 0 Å². The number of halogens is 3. The van der Waals surface area contributed by atoms with Crippen LogP contribution in [0.1, 0.15) is 15.9 Å². The van der Waals surface area contributed by atoms with Gasteiger partial charge in [0, 0.05) is 44.0 Å². The number of anilines is 1. The van der Waals surface area contributed by atoms with Gasteiger partial charge in [0.15, 0.2) is 5.78 Å². The second-order valence-electron chi connectivity index (χ2n) is 4.57. The van der Waals surface area contributed by atoms with Gasteiger partial charge in [-0.25, -0.2) is 0 Å². The standard InChI is InChI=1S/C15H9Cl3N2O/c16-7-1-2-9(12(19)4-7)15(21)10-6-20-13-5-8(17)3-11(18)14(10)13/h1-6,20H,19H2. The average molecular weight is 340 g/mol. The van der Waals surface area contributed by atoms with E-state index >= 15 is 0 Å². The number of nitrogens with one attached hydrogen (secondary N) is 1. The summed E-state index contributed by atoms with van der Waals surface area (Å²) in [5, 5.41) is 2.02. The molecule has 1 aromatic heterocycles. The van der Waals surface area contributed by atoms with Crippen molar-refractivity contribution >= 4 is 57.2 Å². The molecule has 21 heavy (non-hydrogen) atoms. The molecule has 0 saturated heterocycles. The molecule has 0 atom stereocenters. The molecule has 106 valence electrons. The summed E-state index contributed by atoms with van der Waals surface area (Å²) in [6, 6.07) is 8.08. The molecule has 0 amide bonds. The van der Waals surface area contributed by atoms with E-state index in [4.69, 9.17) is 40.5 Å². The zero-order chi connectivity index (χ0) is 15.1. The molecule has 3 rings (SSSR count). The minimum Gasteiger partial charge on any atom is -0.398 e. The number of nitrogen functional groups attached to an aromatic ring is 1. The van der Waals surface area contributed by atoms with Gasteiger partial charge in [0.05, 0.1) is 5.02 Å². The van der Waals surface area contributed by atoms with Crippen molar-refractivity contribution in [3.8, 4) is 0 Å². The number of H-pyrrole nitrogens is 1. The zero-order valence-electron chi connectivity index (χ0n) is 10.6. The van der Waals surface area contributed by atoms with Crippen molar-refractivity contribution in [2.45, 2.75) is 0 Å². The lowest BCUT2D eigenvalue weighted by atomic mass is 10.0. The topological polar surface area (TPSA) is 58.9 Å². The number of carbonyl (C=O) groups excluding carboxylic acids is 1. The molecule has 0 unspecified atom stereocenters. The smallest absolute Gasteiger partial charge is 0.197 e. The number of nitrogens with two attached hydrogens (primary N) is 1. The number of ketones is 1. The number of rotatable bonds is 2. The van der Waals surface area contributed by atoms with Crippen LogP contribution in [-0.4, -0.2) is 10.8 Å². The highest BCUT2D eigenvalue weighted by atomic mass is 35.5. The van der Waals surface area contributed by atoms with E-state index in [2.05, 4.69) is 4.98 Å². The Kier molecular flexibility index (Phi) is 3.57. The van der Waals surface area contributed by atoms with E-state index in [0.29, 0.717) is 42.8 Å². The molecular formula is C15H9Cl3N2O. The van der Waals surface area contributed by atoms with E-state index in [-0.39, 0.29) is 5.78 Å². The van der Waals surface area contributed by atoms with Gasteiger partial charge < -0.3 is 10.7 Å². The van der Waals surface area contributed by atoms with Crippen LogP contribution in [0.5, 0.6) is 0 Å². The third-order valence-corrected chi connectivity index (χ3v) is 3.95. The predicted molar refractivity (Wildman–Crippen MR) is 87.6 cm³/mol. The van der Waals surface area contributed by atoms with Crippen LogP contribution in [0, 0.1) is 0 Å². The third kappa shape index (κ3) is 2.48. The van der Waals surface area contributed by atoms with Crippen molar-refractivity contribution in [1.29, 1.82) is 0 Å². The van der Waals surface area contributed by atoms with Crippen LogP contribution in [0.15, 0.2) is 36.5 Å². The summed E-state index contributed by atoms with van der Waals surface area (Å²) >= 11 is 18.0. The Balaban J connectivity index is 2.18. The predicted octanol–water partition coefficient (Wildman–Crippen LogP) is 4.94. The molecule has 0 aliphatic rings. The molecule has 2 aromatic carbocycles. The Morgan fingerprint density at radius 3 is 2.48 bits per heavy atom. The lowest BCUT2D eigenvalue weighted by molar-refractivity contribution is 0.104. The molecule has 1 heterocycles. The Hall–Kier alpha value is -1.68. The molecule has 0 fully saturated rings. The molecule has 0 bridgehead atoms. The van der Waals surface area contributed by atoms with Crippen LogP contribution in [0.25, 0.3) is 10.9 Å². The largest absolute Gasteiger partial charge is 0.398 e. The maximum Gasteiger partial charge on any atom is 0.197 e. The van der Waals surface area contributed by atoms with Crippen molar-refractivity contribution in [2.75, 3.05) is 5.73 Å². The summed E-state index contributed by atoms with van der Waals surface area (Å²) in [5.41, 5.74) is 7.71. The van der Waals surface area contributed by atoms with E-state index in [1.54, 1.807) is 36.5 Å². The second kappa shape index (κ2) is 5.26. The first-order valence-electron chi connectivity index (χ1n) is 6.03. The Morgan fingerprint density at radius 2 is 1.76 bits per heavy atom. The Labute approximate surface area is 135 Å². The van der Waals surface area contributed by atoms with Gasteiger partial charge >= 0.3 is 0 Å². The summed E-state index contributed by atoms with van der Waals surface area (Å²) in [7, 11) is 0. The Morgan fingerprint density at radius 1 is 1.00 bits per heavy atom. The fourth-order valence-electron chi connectivity index (χ4n) is 2.25. The number of benzene rings is 2. The molecule has 3 N–H and O–H groups in total. The normalized spacial score (nSPS) is 11.0. The minimum absolute atomic E-state index is 0.223. The summed E-state index contributed by atoms with van der Waals surface area (Å²) in [6.07, 6.45) is 1.60. The highest BCUT2D eigenvalue weighted by molar-refractivity contribution is 6.40. The van der Waals surface area contributed by atoms with E-state index in [9.17, 15) is 4.79 Å². The van der Waals surface area contributed by atoms with Crippen molar-refractivity contribution in [3.05, 3.63) is 62.7 Å². The van der Waals surface area contributed by atoms with Crippen molar-refractivity contribution in [3.63, 3.8) is 0 Å². The lowest BCUT2D eigenvalue weighted by Crippen LogP contribution is -2.04. The van der Waals surface area contributed by atoms with Gasteiger partial charge in [-0.3, -0.25) is 4.79 Å². The summed E-state index contributed by atoms with van der Waals surface area (Å²) in [4.78, 5) is 15.7. The van der Waals surface area contributed by atoms with Crippen LogP contribution >= 0.6 is 34.8 Å². The maximum atomic E-state index is 12.7. The summed E-state index contributed by atoms with van der Waals surface area (Å²) in [6.45, 7) is 0. The number of aromatic amines is 1. The molecule has 3 aromatic rings. The highest BCUT2D eigenvalue weighted by Gasteiger charge is 2.19. The molecule has 0 spiro atoms. The van der Waals surface area contributed by atoms with Gasteiger partial charge in [-0.2, -0.15) is 0 Å².